The lowest BCUT2D eigenvalue weighted by Crippen LogP contribution is -1.88. The van der Waals surface area contributed by atoms with Crippen molar-refractivity contribution in [1.29, 1.82) is 0 Å². The van der Waals surface area contributed by atoms with Crippen molar-refractivity contribution in [2.45, 2.75) is 53.4 Å². The Morgan fingerprint density at radius 3 is 1.08 bits per heavy atom. The van der Waals surface area contributed by atoms with E-state index in [0.29, 0.717) is 0 Å². The van der Waals surface area contributed by atoms with Gasteiger partial charge in [-0.15, -0.1) is 47.9 Å². The van der Waals surface area contributed by atoms with Crippen molar-refractivity contribution in [2.24, 2.45) is 0 Å². The molecule has 0 N–H and O–H groups in total. The van der Waals surface area contributed by atoms with Gasteiger partial charge in [0.1, 0.15) is 0 Å². The molecule has 0 heterocycles. The topological polar surface area (TPSA) is 0 Å². The molecule has 2 aromatic carbocycles. The Morgan fingerprint density at radius 1 is 0.577 bits per heavy atom. The van der Waals surface area contributed by atoms with E-state index in [4.69, 9.17) is 0 Å². The summed E-state index contributed by atoms with van der Waals surface area (Å²) in [6, 6.07) is 13.6. The highest BCUT2D eigenvalue weighted by molar-refractivity contribution is 8.93. The highest BCUT2D eigenvalue weighted by atomic mass is 79.9. The van der Waals surface area contributed by atoms with Gasteiger partial charge in [0.05, 0.1) is 0 Å². The largest absolute Gasteiger partial charge is 0.147 e. The fourth-order valence-electron chi connectivity index (χ4n) is 3.04. The van der Waals surface area contributed by atoms with Crippen LogP contribution in [0, 0.1) is 27.7 Å². The van der Waals surface area contributed by atoms with Crippen molar-refractivity contribution in [3.63, 3.8) is 0 Å². The molecule has 4 heteroatoms. The maximum atomic E-state index is 2.77. The molecule has 2 aromatic rings. The first kappa shape index (κ1) is 28.3. The summed E-state index contributed by atoms with van der Waals surface area (Å²) in [5.41, 5.74) is 8.50. The second-order valence-electron chi connectivity index (χ2n) is 6.78. The second-order valence-corrected chi connectivity index (χ2v) is 7.93. The van der Waals surface area contributed by atoms with Gasteiger partial charge in [-0.2, -0.15) is 0 Å². The van der Waals surface area contributed by atoms with Crippen LogP contribution >= 0.6 is 47.9 Å². The van der Waals surface area contributed by atoms with Gasteiger partial charge in [-0.05, 0) is 76.8 Å². The monoisotopic (exact) mass is 476 g/mol. The van der Waals surface area contributed by atoms with Crippen molar-refractivity contribution in [2.75, 3.05) is 12.3 Å². The maximum absolute atomic E-state index is 2.77. The van der Waals surface area contributed by atoms with Crippen molar-refractivity contribution in [1.82, 2.24) is 0 Å². The molecule has 0 radical (unpaired) electrons. The van der Waals surface area contributed by atoms with Gasteiger partial charge in [0.25, 0.3) is 0 Å². The third-order valence-corrected chi connectivity index (χ3v) is 4.72. The Bertz CT molecular complexity index is 534. The van der Waals surface area contributed by atoms with Crippen LogP contribution in [-0.4, -0.2) is 12.3 Å². The van der Waals surface area contributed by atoms with Crippen molar-refractivity contribution >= 4 is 47.9 Å². The number of rotatable bonds is 6. The Labute approximate surface area is 182 Å². The van der Waals surface area contributed by atoms with Crippen LogP contribution in [-0.2, 0) is 12.8 Å². The van der Waals surface area contributed by atoms with Gasteiger partial charge in [-0.3, -0.25) is 0 Å². The van der Waals surface area contributed by atoms with Crippen LogP contribution in [0.15, 0.2) is 36.4 Å². The summed E-state index contributed by atoms with van der Waals surface area (Å²) in [5.74, 6) is 0. The molecule has 0 aliphatic heterocycles. The molecule has 0 spiro atoms. The number of aryl methyl sites for hydroxylation is 6. The molecule has 148 valence electrons. The first-order chi connectivity index (χ1) is 11.4. The summed E-state index contributed by atoms with van der Waals surface area (Å²) in [5, 5.41) is 0. The molecule has 0 amide bonds. The first-order valence-corrected chi connectivity index (χ1v) is 10.6. The van der Waals surface area contributed by atoms with Crippen LogP contribution in [0.2, 0.25) is 0 Å². The number of hydrogen-bond donors (Lipinski definition) is 0. The highest BCUT2D eigenvalue weighted by Crippen LogP contribution is 2.12. The molecule has 0 fully saturated rings. The molecule has 0 saturated heterocycles. The van der Waals surface area contributed by atoms with E-state index in [1.54, 1.807) is 0 Å². The molecular formula is C22H36BrClP2. The van der Waals surface area contributed by atoms with Crippen LogP contribution in [0.5, 0.6) is 0 Å². The van der Waals surface area contributed by atoms with Crippen LogP contribution < -0.4 is 0 Å². The van der Waals surface area contributed by atoms with E-state index in [2.05, 4.69) is 82.6 Å². The number of halogens is 2. The summed E-state index contributed by atoms with van der Waals surface area (Å²) in [6.45, 7) is 8.66. The van der Waals surface area contributed by atoms with E-state index < -0.39 is 0 Å². The Hall–Kier alpha value is 0.0700. The lowest BCUT2D eigenvalue weighted by molar-refractivity contribution is 0.930. The quantitative estimate of drug-likeness (QED) is 0.385. The van der Waals surface area contributed by atoms with E-state index >= 15 is 0 Å². The maximum Gasteiger partial charge on any atom is -0.0275 e. The summed E-state index contributed by atoms with van der Waals surface area (Å²) >= 11 is 0. The summed E-state index contributed by atoms with van der Waals surface area (Å²) in [4.78, 5) is 0. The number of hydrogen-bond acceptors (Lipinski definition) is 0. The van der Waals surface area contributed by atoms with E-state index in [1.807, 2.05) is 0 Å². The Morgan fingerprint density at radius 2 is 0.846 bits per heavy atom. The van der Waals surface area contributed by atoms with Crippen molar-refractivity contribution in [3.05, 3.63) is 69.8 Å². The normalized spacial score (nSPS) is 9.46. The average Bonchev–Trinajstić information content (AvgIpc) is 2.50. The summed E-state index contributed by atoms with van der Waals surface area (Å²) < 4.78 is 0. The lowest BCUT2D eigenvalue weighted by Gasteiger charge is -2.03. The molecular weight excluding hydrogens is 442 g/mol. The Kier molecular flexibility index (Phi) is 17.5. The average molecular weight is 478 g/mol. The van der Waals surface area contributed by atoms with Gasteiger partial charge in [0.2, 0.25) is 0 Å². The molecule has 2 unspecified atom stereocenters. The third-order valence-electron chi connectivity index (χ3n) is 3.90. The fourth-order valence-corrected chi connectivity index (χ4v) is 3.45. The standard InChI is InChI=1S/2C11H17P.BrH.ClH/c2*1-9-6-10(2)8-11(7-9)4-3-5-12;;/h2*6-8H,3-5,12H2,1-2H3;2*1H. The summed E-state index contributed by atoms with van der Waals surface area (Å²) in [6.07, 6.45) is 7.37. The van der Waals surface area contributed by atoms with Crippen LogP contribution in [0.1, 0.15) is 46.2 Å². The Balaban J connectivity index is 0. The van der Waals surface area contributed by atoms with Crippen molar-refractivity contribution < 1.29 is 0 Å². The lowest BCUT2D eigenvalue weighted by atomic mass is 10.0. The predicted octanol–water partition coefficient (Wildman–Crippen LogP) is 7.22. The molecule has 2 atom stereocenters. The van der Waals surface area contributed by atoms with Crippen LogP contribution in [0.4, 0.5) is 0 Å². The van der Waals surface area contributed by atoms with Gasteiger partial charge in [-0.1, -0.05) is 58.7 Å². The molecule has 0 saturated carbocycles. The van der Waals surface area contributed by atoms with E-state index in [9.17, 15) is 0 Å². The smallest absolute Gasteiger partial charge is 0.0275 e. The molecule has 26 heavy (non-hydrogen) atoms. The van der Waals surface area contributed by atoms with Crippen LogP contribution in [0.3, 0.4) is 0 Å². The minimum absolute atomic E-state index is 0. The van der Waals surface area contributed by atoms with E-state index in [0.717, 1.165) is 0 Å². The zero-order chi connectivity index (χ0) is 17.9. The zero-order valence-corrected chi connectivity index (χ0v) is 21.5. The zero-order valence-electron chi connectivity index (χ0n) is 16.7. The second kappa shape index (κ2) is 16.1. The predicted molar refractivity (Wildman–Crippen MR) is 135 cm³/mol. The van der Waals surface area contributed by atoms with Crippen molar-refractivity contribution in [3.8, 4) is 0 Å². The van der Waals surface area contributed by atoms with Gasteiger partial charge in [-0.25, -0.2) is 0 Å². The first-order valence-electron chi connectivity index (χ1n) is 8.99. The molecule has 0 aliphatic carbocycles. The molecule has 2 rings (SSSR count). The summed E-state index contributed by atoms with van der Waals surface area (Å²) in [7, 11) is 5.55. The molecule has 0 aromatic heterocycles. The molecule has 0 nitrogen and oxygen atoms in total. The highest BCUT2D eigenvalue weighted by Gasteiger charge is 1.95. The third kappa shape index (κ3) is 12.5. The van der Waals surface area contributed by atoms with Gasteiger partial charge >= 0.3 is 0 Å². The van der Waals surface area contributed by atoms with Gasteiger partial charge in [0, 0.05) is 0 Å². The van der Waals surface area contributed by atoms with Gasteiger partial charge in [0.15, 0.2) is 0 Å². The van der Waals surface area contributed by atoms with Gasteiger partial charge < -0.3 is 0 Å². The molecule has 0 bridgehead atoms. The van der Waals surface area contributed by atoms with Crippen LogP contribution in [0.25, 0.3) is 0 Å². The number of benzene rings is 2. The minimum atomic E-state index is 0. The SMILES string of the molecule is Br.Cc1cc(C)cc(CCCP)c1.Cc1cc(C)cc(CCCP)c1.Cl. The van der Waals surface area contributed by atoms with E-state index in [1.165, 1.54) is 71.4 Å². The van der Waals surface area contributed by atoms with E-state index in [-0.39, 0.29) is 29.4 Å². The molecule has 0 aliphatic rings. The minimum Gasteiger partial charge on any atom is -0.147 e. The fraction of sp³-hybridized carbons (Fsp3) is 0.455.